The molecule has 0 spiro atoms. The Kier molecular flexibility index (Phi) is 3.49. The Morgan fingerprint density at radius 3 is 2.47 bits per heavy atom. The lowest BCUT2D eigenvalue weighted by molar-refractivity contribution is 0.414. The Morgan fingerprint density at radius 2 is 1.94 bits per heavy atom. The first-order valence-corrected chi connectivity index (χ1v) is 5.70. The van der Waals surface area contributed by atoms with Crippen molar-refractivity contribution in [2.75, 3.05) is 7.11 Å². The van der Waals surface area contributed by atoms with Crippen LogP contribution in [0.1, 0.15) is 17.3 Å². The van der Waals surface area contributed by atoms with Crippen LogP contribution in [-0.4, -0.2) is 11.7 Å². The summed E-state index contributed by atoms with van der Waals surface area (Å²) < 4.78 is 7.19. The maximum atomic E-state index is 6.19. The molecule has 0 amide bonds. The third-order valence-electron chi connectivity index (χ3n) is 2.98. The van der Waals surface area contributed by atoms with Gasteiger partial charge in [0.15, 0.2) is 0 Å². The van der Waals surface area contributed by atoms with E-state index in [4.69, 9.17) is 10.5 Å². The molecule has 90 valence electrons. The van der Waals surface area contributed by atoms with Crippen LogP contribution in [0.2, 0.25) is 0 Å². The minimum absolute atomic E-state index is 0.0309. The number of hydrogen-bond acceptors (Lipinski definition) is 2. The number of aromatic nitrogens is 1. The molecular weight excluding hydrogens is 212 g/mol. The number of benzene rings is 1. The van der Waals surface area contributed by atoms with Gasteiger partial charge in [-0.2, -0.15) is 0 Å². The zero-order valence-electron chi connectivity index (χ0n) is 10.3. The third kappa shape index (κ3) is 2.68. The maximum Gasteiger partial charge on any atom is 0.118 e. The third-order valence-corrected chi connectivity index (χ3v) is 2.98. The Balaban J connectivity index is 2.07. The standard InChI is InChI=1S/C14H18N2O/c1-16-9-3-4-14(16)13(15)10-11-5-7-12(17-2)8-6-11/h3-9,13H,10,15H2,1-2H3. The lowest BCUT2D eigenvalue weighted by atomic mass is 10.0. The van der Waals surface area contributed by atoms with Crippen molar-refractivity contribution in [3.05, 3.63) is 53.9 Å². The van der Waals surface area contributed by atoms with Crippen LogP contribution in [0.15, 0.2) is 42.6 Å². The maximum absolute atomic E-state index is 6.19. The molecule has 0 saturated heterocycles. The normalized spacial score (nSPS) is 12.4. The van der Waals surface area contributed by atoms with Crippen molar-refractivity contribution in [2.45, 2.75) is 12.5 Å². The molecule has 0 aliphatic carbocycles. The van der Waals surface area contributed by atoms with Gasteiger partial charge in [0.25, 0.3) is 0 Å². The molecule has 0 bridgehead atoms. The van der Waals surface area contributed by atoms with Crippen LogP contribution in [0.4, 0.5) is 0 Å². The average molecular weight is 230 g/mol. The van der Waals surface area contributed by atoms with Gasteiger partial charge in [0.05, 0.1) is 7.11 Å². The lowest BCUT2D eigenvalue weighted by Crippen LogP contribution is -2.16. The minimum Gasteiger partial charge on any atom is -0.497 e. The van der Waals surface area contributed by atoms with Crippen LogP contribution in [-0.2, 0) is 13.5 Å². The van der Waals surface area contributed by atoms with Crippen LogP contribution in [0.3, 0.4) is 0 Å². The second-order valence-electron chi connectivity index (χ2n) is 4.20. The molecule has 0 radical (unpaired) electrons. The number of rotatable bonds is 4. The number of hydrogen-bond donors (Lipinski definition) is 1. The van der Waals surface area contributed by atoms with E-state index in [-0.39, 0.29) is 6.04 Å². The second-order valence-corrected chi connectivity index (χ2v) is 4.20. The Hall–Kier alpha value is -1.74. The van der Waals surface area contributed by atoms with E-state index >= 15 is 0 Å². The Morgan fingerprint density at radius 1 is 1.24 bits per heavy atom. The van der Waals surface area contributed by atoms with Crippen molar-refractivity contribution in [1.82, 2.24) is 4.57 Å². The second kappa shape index (κ2) is 5.06. The van der Waals surface area contributed by atoms with Crippen molar-refractivity contribution in [1.29, 1.82) is 0 Å². The summed E-state index contributed by atoms with van der Waals surface area (Å²) in [5.41, 5.74) is 8.57. The highest BCUT2D eigenvalue weighted by Crippen LogP contribution is 2.18. The molecule has 0 fully saturated rings. The number of aryl methyl sites for hydroxylation is 1. The summed E-state index contributed by atoms with van der Waals surface area (Å²) >= 11 is 0. The molecule has 1 atom stereocenters. The average Bonchev–Trinajstić information content (AvgIpc) is 2.76. The van der Waals surface area contributed by atoms with Crippen LogP contribution < -0.4 is 10.5 Å². The van der Waals surface area contributed by atoms with E-state index in [0.717, 1.165) is 17.9 Å². The largest absolute Gasteiger partial charge is 0.497 e. The molecule has 1 unspecified atom stereocenters. The number of ether oxygens (including phenoxy) is 1. The molecule has 1 aromatic heterocycles. The minimum atomic E-state index is 0.0309. The summed E-state index contributed by atoms with van der Waals surface area (Å²) in [6, 6.07) is 12.2. The monoisotopic (exact) mass is 230 g/mol. The van der Waals surface area contributed by atoms with Crippen LogP contribution >= 0.6 is 0 Å². The van der Waals surface area contributed by atoms with E-state index in [0.29, 0.717) is 0 Å². The summed E-state index contributed by atoms with van der Waals surface area (Å²) in [5, 5.41) is 0. The zero-order chi connectivity index (χ0) is 12.3. The van der Waals surface area contributed by atoms with Crippen molar-refractivity contribution in [2.24, 2.45) is 12.8 Å². The van der Waals surface area contributed by atoms with E-state index in [1.54, 1.807) is 7.11 Å². The van der Waals surface area contributed by atoms with Crippen LogP contribution in [0, 0.1) is 0 Å². The predicted octanol–water partition coefficient (Wildman–Crippen LogP) is 2.28. The first kappa shape index (κ1) is 11.7. The van der Waals surface area contributed by atoms with Gasteiger partial charge in [0.1, 0.15) is 5.75 Å². The van der Waals surface area contributed by atoms with Crippen LogP contribution in [0.5, 0.6) is 5.75 Å². The molecule has 0 aliphatic rings. The van der Waals surface area contributed by atoms with E-state index < -0.39 is 0 Å². The summed E-state index contributed by atoms with van der Waals surface area (Å²) in [6.45, 7) is 0. The van der Waals surface area contributed by atoms with E-state index in [1.165, 1.54) is 5.56 Å². The number of nitrogens with zero attached hydrogens (tertiary/aromatic N) is 1. The highest BCUT2D eigenvalue weighted by Gasteiger charge is 2.09. The molecule has 0 saturated carbocycles. The molecule has 17 heavy (non-hydrogen) atoms. The fourth-order valence-corrected chi connectivity index (χ4v) is 1.98. The summed E-state index contributed by atoms with van der Waals surface area (Å²) in [7, 11) is 3.69. The van der Waals surface area contributed by atoms with Gasteiger partial charge in [0.2, 0.25) is 0 Å². The zero-order valence-corrected chi connectivity index (χ0v) is 10.3. The molecule has 1 aromatic carbocycles. The highest BCUT2D eigenvalue weighted by molar-refractivity contribution is 5.28. The smallest absolute Gasteiger partial charge is 0.118 e. The fourth-order valence-electron chi connectivity index (χ4n) is 1.98. The molecule has 0 aliphatic heterocycles. The van der Waals surface area contributed by atoms with Gasteiger partial charge in [-0.1, -0.05) is 12.1 Å². The molecule has 2 N–H and O–H groups in total. The fraction of sp³-hybridized carbons (Fsp3) is 0.286. The molecule has 3 heteroatoms. The predicted molar refractivity (Wildman–Crippen MR) is 69.0 cm³/mol. The van der Waals surface area contributed by atoms with Gasteiger partial charge in [0, 0.05) is 25.0 Å². The summed E-state index contributed by atoms with van der Waals surface area (Å²) in [5.74, 6) is 0.876. The summed E-state index contributed by atoms with van der Waals surface area (Å²) in [4.78, 5) is 0. The molecule has 2 aromatic rings. The summed E-state index contributed by atoms with van der Waals surface area (Å²) in [6.07, 6.45) is 2.85. The van der Waals surface area contributed by atoms with E-state index in [1.807, 2.05) is 31.4 Å². The Labute approximate surface area is 102 Å². The van der Waals surface area contributed by atoms with Crippen molar-refractivity contribution in [3.8, 4) is 5.75 Å². The van der Waals surface area contributed by atoms with E-state index in [9.17, 15) is 0 Å². The first-order valence-electron chi connectivity index (χ1n) is 5.70. The van der Waals surface area contributed by atoms with Gasteiger partial charge < -0.3 is 15.0 Å². The lowest BCUT2D eigenvalue weighted by Gasteiger charge is -2.13. The number of nitrogens with two attached hydrogens (primary N) is 1. The number of methoxy groups -OCH3 is 1. The molecular formula is C14H18N2O. The highest BCUT2D eigenvalue weighted by atomic mass is 16.5. The van der Waals surface area contributed by atoms with Gasteiger partial charge in [-0.25, -0.2) is 0 Å². The van der Waals surface area contributed by atoms with Gasteiger partial charge >= 0.3 is 0 Å². The van der Waals surface area contributed by atoms with Crippen molar-refractivity contribution >= 4 is 0 Å². The SMILES string of the molecule is COc1ccc(CC(N)c2cccn2C)cc1. The quantitative estimate of drug-likeness (QED) is 0.875. The Bertz CT molecular complexity index is 473. The van der Waals surface area contributed by atoms with Crippen molar-refractivity contribution < 1.29 is 4.74 Å². The first-order chi connectivity index (χ1) is 8.20. The molecule has 2 rings (SSSR count). The molecule has 3 nitrogen and oxygen atoms in total. The van der Waals surface area contributed by atoms with Crippen LogP contribution in [0.25, 0.3) is 0 Å². The van der Waals surface area contributed by atoms with E-state index in [2.05, 4.69) is 22.8 Å². The topological polar surface area (TPSA) is 40.2 Å². The van der Waals surface area contributed by atoms with Gasteiger partial charge in [-0.3, -0.25) is 0 Å². The van der Waals surface area contributed by atoms with Crippen molar-refractivity contribution in [3.63, 3.8) is 0 Å². The van der Waals surface area contributed by atoms with Gasteiger partial charge in [-0.05, 0) is 36.2 Å². The van der Waals surface area contributed by atoms with Gasteiger partial charge in [-0.15, -0.1) is 0 Å². The molecule has 1 heterocycles.